The molecular weight excluding hydrogens is 392 g/mol. The number of sulfonamides is 1. The number of rotatable bonds is 10. The topological polar surface area (TPSA) is 95.8 Å². The Morgan fingerprint density at radius 3 is 2.21 bits per heavy atom. The summed E-state index contributed by atoms with van der Waals surface area (Å²) in [4.78, 5) is 13.0. The fourth-order valence-electron chi connectivity index (χ4n) is 3.17. The number of nitro groups is 1. The summed E-state index contributed by atoms with van der Waals surface area (Å²) in [6.45, 7) is 4.50. The smallest absolute Gasteiger partial charge is 0.293 e. The van der Waals surface area contributed by atoms with Crippen LogP contribution in [0.15, 0.2) is 53.4 Å². The standard InChI is InChI=1S/C20H28N4O4S/c1-5-23(6-2)29(27,28)17-12-13-18(19(14-17)24(25)26)21-15-20(22(3)4)16-10-8-7-9-11-16/h7-14,20-21H,5-6,15H2,1-4H3/t20-/m1/s1. The van der Waals surface area contributed by atoms with E-state index in [0.717, 1.165) is 11.6 Å². The van der Waals surface area contributed by atoms with Crippen LogP contribution in [0.5, 0.6) is 0 Å². The largest absolute Gasteiger partial charge is 0.378 e. The van der Waals surface area contributed by atoms with E-state index in [2.05, 4.69) is 5.32 Å². The molecular formula is C20H28N4O4S. The van der Waals surface area contributed by atoms with Gasteiger partial charge in [0.05, 0.1) is 15.9 Å². The fraction of sp³-hybridized carbons (Fsp3) is 0.400. The Morgan fingerprint density at radius 1 is 1.07 bits per heavy atom. The van der Waals surface area contributed by atoms with Gasteiger partial charge in [0.15, 0.2) is 0 Å². The first-order valence-corrected chi connectivity index (χ1v) is 10.9. The van der Waals surface area contributed by atoms with E-state index in [0.29, 0.717) is 19.6 Å². The van der Waals surface area contributed by atoms with Gasteiger partial charge in [-0.15, -0.1) is 0 Å². The number of anilines is 1. The molecule has 9 heteroatoms. The Balaban J connectivity index is 2.33. The van der Waals surface area contributed by atoms with Crippen LogP contribution in [0.1, 0.15) is 25.5 Å². The molecule has 0 amide bonds. The Labute approximate surface area is 172 Å². The van der Waals surface area contributed by atoms with Gasteiger partial charge in [-0.3, -0.25) is 10.1 Å². The van der Waals surface area contributed by atoms with Gasteiger partial charge in [-0.05, 0) is 31.8 Å². The highest BCUT2D eigenvalue weighted by Gasteiger charge is 2.26. The number of nitro benzene ring substituents is 1. The zero-order valence-corrected chi connectivity index (χ0v) is 18.0. The van der Waals surface area contributed by atoms with E-state index in [1.165, 1.54) is 16.4 Å². The van der Waals surface area contributed by atoms with E-state index in [1.807, 2.05) is 49.3 Å². The van der Waals surface area contributed by atoms with E-state index in [-0.39, 0.29) is 22.3 Å². The second kappa shape index (κ2) is 9.82. The van der Waals surface area contributed by atoms with Crippen LogP contribution in [0, 0.1) is 10.1 Å². The molecule has 0 radical (unpaired) electrons. The van der Waals surface area contributed by atoms with Crippen molar-refractivity contribution in [3.63, 3.8) is 0 Å². The van der Waals surface area contributed by atoms with Gasteiger partial charge in [0.1, 0.15) is 5.69 Å². The monoisotopic (exact) mass is 420 g/mol. The van der Waals surface area contributed by atoms with Crippen molar-refractivity contribution in [3.8, 4) is 0 Å². The molecule has 0 spiro atoms. The van der Waals surface area contributed by atoms with E-state index in [9.17, 15) is 18.5 Å². The molecule has 0 aliphatic rings. The number of likely N-dealkylation sites (N-methyl/N-ethyl adjacent to an activating group) is 1. The van der Waals surface area contributed by atoms with Gasteiger partial charge in [-0.25, -0.2) is 8.42 Å². The van der Waals surface area contributed by atoms with E-state index < -0.39 is 14.9 Å². The summed E-state index contributed by atoms with van der Waals surface area (Å²) in [6, 6.07) is 13.8. The average Bonchev–Trinajstić information content (AvgIpc) is 2.69. The van der Waals surface area contributed by atoms with Gasteiger partial charge in [-0.2, -0.15) is 4.31 Å². The number of nitrogens with zero attached hydrogens (tertiary/aromatic N) is 3. The maximum absolute atomic E-state index is 12.7. The molecule has 2 aromatic carbocycles. The van der Waals surface area contributed by atoms with Crippen molar-refractivity contribution in [1.29, 1.82) is 0 Å². The average molecular weight is 421 g/mol. The molecule has 1 N–H and O–H groups in total. The number of hydrogen-bond acceptors (Lipinski definition) is 6. The minimum Gasteiger partial charge on any atom is -0.378 e. The second-order valence-corrected chi connectivity index (χ2v) is 8.73. The molecule has 0 bridgehead atoms. The Hall–Kier alpha value is -2.49. The lowest BCUT2D eigenvalue weighted by Crippen LogP contribution is -2.30. The lowest BCUT2D eigenvalue weighted by atomic mass is 10.1. The van der Waals surface area contributed by atoms with Crippen LogP contribution in [0.3, 0.4) is 0 Å². The van der Waals surface area contributed by atoms with Gasteiger partial charge in [0, 0.05) is 25.7 Å². The quantitative estimate of drug-likeness (QED) is 0.468. The molecule has 29 heavy (non-hydrogen) atoms. The Bertz CT molecular complexity index is 929. The van der Waals surface area contributed by atoms with Gasteiger partial charge in [0.25, 0.3) is 5.69 Å². The molecule has 0 unspecified atom stereocenters. The van der Waals surface area contributed by atoms with Crippen molar-refractivity contribution in [3.05, 3.63) is 64.2 Å². The van der Waals surface area contributed by atoms with Crippen LogP contribution in [0.2, 0.25) is 0 Å². The first-order valence-electron chi connectivity index (χ1n) is 9.46. The van der Waals surface area contributed by atoms with Crippen LogP contribution in [0.25, 0.3) is 0 Å². The predicted octanol–water partition coefficient (Wildman–Crippen LogP) is 3.34. The number of benzene rings is 2. The molecule has 8 nitrogen and oxygen atoms in total. The molecule has 2 aromatic rings. The van der Waals surface area contributed by atoms with E-state index in [4.69, 9.17) is 0 Å². The molecule has 0 heterocycles. The van der Waals surface area contributed by atoms with Crippen LogP contribution in [-0.2, 0) is 10.0 Å². The van der Waals surface area contributed by atoms with E-state index in [1.54, 1.807) is 13.8 Å². The molecule has 0 fully saturated rings. The molecule has 2 rings (SSSR count). The highest BCUT2D eigenvalue weighted by Crippen LogP contribution is 2.30. The van der Waals surface area contributed by atoms with Crippen molar-refractivity contribution in [1.82, 2.24) is 9.21 Å². The molecule has 1 atom stereocenters. The molecule has 158 valence electrons. The van der Waals surface area contributed by atoms with Crippen molar-refractivity contribution in [2.24, 2.45) is 0 Å². The second-order valence-electron chi connectivity index (χ2n) is 6.80. The highest BCUT2D eigenvalue weighted by atomic mass is 32.2. The first-order chi connectivity index (χ1) is 13.7. The SMILES string of the molecule is CCN(CC)S(=O)(=O)c1ccc(NC[C@H](c2ccccc2)N(C)C)c([N+](=O)[O-])c1. The summed E-state index contributed by atoms with van der Waals surface area (Å²) in [5.41, 5.74) is 1.11. The third-order valence-corrected chi connectivity index (χ3v) is 6.85. The molecule has 0 saturated heterocycles. The molecule has 0 saturated carbocycles. The van der Waals surface area contributed by atoms with Crippen molar-refractivity contribution in [2.75, 3.05) is 39.0 Å². The summed E-state index contributed by atoms with van der Waals surface area (Å²) in [6.07, 6.45) is 0. The third kappa shape index (κ3) is 5.31. The number of hydrogen-bond donors (Lipinski definition) is 1. The molecule has 0 aromatic heterocycles. The van der Waals surface area contributed by atoms with E-state index >= 15 is 0 Å². The van der Waals surface area contributed by atoms with Gasteiger partial charge < -0.3 is 10.2 Å². The van der Waals surface area contributed by atoms with Crippen molar-refractivity contribution in [2.45, 2.75) is 24.8 Å². The predicted molar refractivity (Wildman–Crippen MR) is 115 cm³/mol. The summed E-state index contributed by atoms with van der Waals surface area (Å²) < 4.78 is 26.7. The number of nitrogens with one attached hydrogen (secondary N) is 1. The zero-order valence-electron chi connectivity index (χ0n) is 17.2. The van der Waals surface area contributed by atoms with Crippen LogP contribution in [-0.4, -0.2) is 56.3 Å². The lowest BCUT2D eigenvalue weighted by molar-refractivity contribution is -0.384. The highest BCUT2D eigenvalue weighted by molar-refractivity contribution is 7.89. The fourth-order valence-corrected chi connectivity index (χ4v) is 4.64. The maximum Gasteiger partial charge on any atom is 0.293 e. The van der Waals surface area contributed by atoms with Crippen LogP contribution in [0.4, 0.5) is 11.4 Å². The zero-order chi connectivity index (χ0) is 21.6. The van der Waals surface area contributed by atoms with Gasteiger partial charge in [0.2, 0.25) is 10.0 Å². The summed E-state index contributed by atoms with van der Waals surface area (Å²) in [5, 5.41) is 14.7. The molecule has 0 aliphatic carbocycles. The van der Waals surface area contributed by atoms with Crippen LogP contribution >= 0.6 is 0 Å². The molecule has 0 aliphatic heterocycles. The Kier molecular flexibility index (Phi) is 7.72. The third-order valence-electron chi connectivity index (χ3n) is 4.80. The minimum absolute atomic E-state index is 0.00473. The Morgan fingerprint density at radius 2 is 1.69 bits per heavy atom. The van der Waals surface area contributed by atoms with Crippen molar-refractivity contribution >= 4 is 21.4 Å². The summed E-state index contributed by atoms with van der Waals surface area (Å²) in [7, 11) is 0.107. The van der Waals surface area contributed by atoms with Gasteiger partial charge >= 0.3 is 0 Å². The maximum atomic E-state index is 12.7. The summed E-state index contributed by atoms with van der Waals surface area (Å²) >= 11 is 0. The van der Waals surface area contributed by atoms with Gasteiger partial charge in [-0.1, -0.05) is 44.2 Å². The minimum atomic E-state index is -3.77. The summed E-state index contributed by atoms with van der Waals surface area (Å²) in [5.74, 6) is 0. The van der Waals surface area contributed by atoms with Crippen molar-refractivity contribution < 1.29 is 13.3 Å². The lowest BCUT2D eigenvalue weighted by Gasteiger charge is -2.25. The van der Waals surface area contributed by atoms with Crippen LogP contribution < -0.4 is 5.32 Å². The normalized spacial score (nSPS) is 12.9. The first kappa shape index (κ1) is 22.8.